The van der Waals surface area contributed by atoms with E-state index in [4.69, 9.17) is 9.72 Å². The van der Waals surface area contributed by atoms with E-state index in [2.05, 4.69) is 36.0 Å². The molecule has 3 heterocycles. The third-order valence-electron chi connectivity index (χ3n) is 4.87. The van der Waals surface area contributed by atoms with Crippen molar-refractivity contribution in [3.05, 3.63) is 16.1 Å². The highest BCUT2D eigenvalue weighted by molar-refractivity contribution is 7.09. The Morgan fingerprint density at radius 2 is 1.83 bits per heavy atom. The molecule has 136 valence electrons. The van der Waals surface area contributed by atoms with Crippen LogP contribution in [0.5, 0.6) is 0 Å². The van der Waals surface area contributed by atoms with E-state index in [1.54, 1.807) is 11.3 Å². The second kappa shape index (κ2) is 7.38. The van der Waals surface area contributed by atoms with E-state index in [-0.39, 0.29) is 0 Å². The van der Waals surface area contributed by atoms with Crippen molar-refractivity contribution in [2.75, 3.05) is 45.9 Å². The highest BCUT2D eigenvalue weighted by Crippen LogP contribution is 2.34. The molecule has 1 aromatic rings. The fourth-order valence-electron chi connectivity index (χ4n) is 3.56. The molecule has 24 heavy (non-hydrogen) atoms. The number of hydrogen-bond donors (Lipinski definition) is 1. The number of hydrogen-bond acceptors (Lipinski definition) is 6. The van der Waals surface area contributed by atoms with Gasteiger partial charge in [-0.1, -0.05) is 20.8 Å². The summed E-state index contributed by atoms with van der Waals surface area (Å²) in [4.78, 5) is 9.61. The van der Waals surface area contributed by atoms with Crippen LogP contribution in [0, 0.1) is 5.41 Å². The monoisotopic (exact) mass is 353 g/mol. The summed E-state index contributed by atoms with van der Waals surface area (Å²) in [5.74, 6) is 0. The van der Waals surface area contributed by atoms with E-state index in [1.165, 1.54) is 0 Å². The van der Waals surface area contributed by atoms with Gasteiger partial charge in [-0.15, -0.1) is 11.3 Å². The summed E-state index contributed by atoms with van der Waals surface area (Å²) >= 11 is 1.68. The van der Waals surface area contributed by atoms with E-state index in [9.17, 15) is 5.11 Å². The summed E-state index contributed by atoms with van der Waals surface area (Å²) in [5.41, 5.74) is 0.446. The van der Waals surface area contributed by atoms with Crippen LogP contribution in [0.1, 0.15) is 44.3 Å². The van der Waals surface area contributed by atoms with E-state index >= 15 is 0 Å². The standard InChI is InChI=1S/C18H31N3O2S/c1-17(2,3)14-21-6-4-18(22,5-7-21)15-13-24-16(19-15)12-20-8-10-23-11-9-20/h13,22H,4-12,14H2,1-3H3. The minimum absolute atomic E-state index is 0.307. The molecule has 2 saturated heterocycles. The van der Waals surface area contributed by atoms with E-state index < -0.39 is 5.60 Å². The van der Waals surface area contributed by atoms with Crippen LogP contribution in [0.4, 0.5) is 0 Å². The van der Waals surface area contributed by atoms with E-state index in [0.717, 1.165) is 76.0 Å². The van der Waals surface area contributed by atoms with Crippen LogP contribution in [-0.2, 0) is 16.9 Å². The van der Waals surface area contributed by atoms with Crippen LogP contribution in [0.3, 0.4) is 0 Å². The first-order chi connectivity index (χ1) is 11.3. The van der Waals surface area contributed by atoms with Crippen molar-refractivity contribution in [2.45, 2.75) is 45.8 Å². The second-order valence-corrected chi connectivity index (χ2v) is 9.33. The summed E-state index contributed by atoms with van der Waals surface area (Å²) < 4.78 is 5.39. The van der Waals surface area contributed by atoms with Gasteiger partial charge in [-0.2, -0.15) is 0 Å². The van der Waals surface area contributed by atoms with Crippen molar-refractivity contribution in [2.24, 2.45) is 5.41 Å². The minimum atomic E-state index is -0.742. The molecule has 0 unspecified atom stereocenters. The molecule has 0 amide bonds. The van der Waals surface area contributed by atoms with Crippen LogP contribution in [0.25, 0.3) is 0 Å². The van der Waals surface area contributed by atoms with Crippen LogP contribution in [0.2, 0.25) is 0 Å². The SMILES string of the molecule is CC(C)(C)CN1CCC(O)(c2csc(CN3CCOCC3)n2)CC1. The van der Waals surface area contributed by atoms with Crippen LogP contribution < -0.4 is 0 Å². The summed E-state index contributed by atoms with van der Waals surface area (Å²) in [6, 6.07) is 0. The Balaban J connectivity index is 1.56. The van der Waals surface area contributed by atoms with Crippen molar-refractivity contribution in [3.8, 4) is 0 Å². The molecule has 2 fully saturated rings. The molecule has 2 aliphatic heterocycles. The molecule has 2 aliphatic rings. The normalized spacial score (nSPS) is 23.5. The maximum atomic E-state index is 11.1. The zero-order valence-electron chi connectivity index (χ0n) is 15.3. The predicted molar refractivity (Wildman–Crippen MR) is 97.2 cm³/mol. The number of aromatic nitrogens is 1. The quantitative estimate of drug-likeness (QED) is 0.900. The lowest BCUT2D eigenvalue weighted by molar-refractivity contribution is -0.0347. The molecule has 0 radical (unpaired) electrons. The number of nitrogens with zero attached hydrogens (tertiary/aromatic N) is 3. The second-order valence-electron chi connectivity index (χ2n) is 8.38. The lowest BCUT2D eigenvalue weighted by Crippen LogP contribution is -2.45. The molecule has 0 atom stereocenters. The van der Waals surface area contributed by atoms with E-state index in [1.807, 2.05) is 0 Å². The van der Waals surface area contributed by atoms with Crippen LogP contribution in [-0.4, -0.2) is 65.8 Å². The Bertz CT molecular complexity index is 527. The number of morpholine rings is 1. The average Bonchev–Trinajstić information content (AvgIpc) is 2.99. The molecule has 5 nitrogen and oxygen atoms in total. The van der Waals surface area contributed by atoms with Crippen molar-refractivity contribution in [3.63, 3.8) is 0 Å². The molecule has 6 heteroatoms. The number of aliphatic hydroxyl groups is 1. The van der Waals surface area contributed by atoms with Crippen LogP contribution in [0.15, 0.2) is 5.38 Å². The van der Waals surface area contributed by atoms with Gasteiger partial charge in [-0.05, 0) is 18.3 Å². The Hall–Kier alpha value is -0.530. The molecule has 0 aromatic carbocycles. The first kappa shape index (κ1) is 18.3. The molecule has 0 saturated carbocycles. The summed E-state index contributed by atoms with van der Waals surface area (Å²) in [6.45, 7) is 14.2. The Morgan fingerprint density at radius 1 is 1.17 bits per heavy atom. The number of likely N-dealkylation sites (tertiary alicyclic amines) is 1. The van der Waals surface area contributed by atoms with Gasteiger partial charge in [0.05, 0.1) is 25.5 Å². The van der Waals surface area contributed by atoms with Gasteiger partial charge in [0.15, 0.2) is 0 Å². The summed E-state index contributed by atoms with van der Waals surface area (Å²) in [7, 11) is 0. The third-order valence-corrected chi connectivity index (χ3v) is 5.71. The fourth-order valence-corrected chi connectivity index (χ4v) is 4.48. The van der Waals surface area contributed by atoms with Crippen molar-refractivity contribution in [1.82, 2.24) is 14.8 Å². The lowest BCUT2D eigenvalue weighted by Gasteiger charge is -2.39. The third kappa shape index (κ3) is 4.76. The predicted octanol–water partition coefficient (Wildman–Crippen LogP) is 2.30. The van der Waals surface area contributed by atoms with Gasteiger partial charge in [-0.3, -0.25) is 4.90 Å². The van der Waals surface area contributed by atoms with Gasteiger partial charge in [0.2, 0.25) is 0 Å². The minimum Gasteiger partial charge on any atom is -0.383 e. The summed E-state index contributed by atoms with van der Waals surface area (Å²) in [5, 5.41) is 14.2. The number of ether oxygens (including phenoxy) is 1. The number of piperidine rings is 1. The Labute approximate surface area is 149 Å². The Kier molecular flexibility index (Phi) is 5.62. The van der Waals surface area contributed by atoms with Gasteiger partial charge in [0, 0.05) is 38.1 Å². The Morgan fingerprint density at radius 3 is 2.46 bits per heavy atom. The average molecular weight is 354 g/mol. The molecule has 1 aromatic heterocycles. The molecule has 0 aliphatic carbocycles. The molecular formula is C18H31N3O2S. The fraction of sp³-hybridized carbons (Fsp3) is 0.833. The van der Waals surface area contributed by atoms with Crippen LogP contribution >= 0.6 is 11.3 Å². The number of thiazole rings is 1. The molecule has 3 rings (SSSR count). The molecule has 0 bridgehead atoms. The molecule has 1 N–H and O–H groups in total. The maximum Gasteiger partial charge on any atom is 0.110 e. The zero-order chi connectivity index (χ0) is 17.2. The maximum absolute atomic E-state index is 11.1. The van der Waals surface area contributed by atoms with Gasteiger partial charge in [0.25, 0.3) is 0 Å². The molecular weight excluding hydrogens is 322 g/mol. The zero-order valence-corrected chi connectivity index (χ0v) is 16.1. The highest BCUT2D eigenvalue weighted by Gasteiger charge is 2.36. The lowest BCUT2D eigenvalue weighted by atomic mass is 9.87. The first-order valence-corrected chi connectivity index (χ1v) is 9.92. The van der Waals surface area contributed by atoms with Crippen molar-refractivity contribution in [1.29, 1.82) is 0 Å². The summed E-state index contributed by atoms with van der Waals surface area (Å²) in [6.07, 6.45) is 1.56. The number of rotatable bonds is 4. The van der Waals surface area contributed by atoms with Crippen molar-refractivity contribution < 1.29 is 9.84 Å². The molecule has 0 spiro atoms. The van der Waals surface area contributed by atoms with E-state index in [0.29, 0.717) is 5.41 Å². The largest absolute Gasteiger partial charge is 0.383 e. The van der Waals surface area contributed by atoms with Gasteiger partial charge < -0.3 is 14.7 Å². The topological polar surface area (TPSA) is 48.8 Å². The smallest absolute Gasteiger partial charge is 0.110 e. The highest BCUT2D eigenvalue weighted by atomic mass is 32.1. The van der Waals surface area contributed by atoms with Crippen molar-refractivity contribution >= 4 is 11.3 Å². The first-order valence-electron chi connectivity index (χ1n) is 9.04. The van der Waals surface area contributed by atoms with Gasteiger partial charge in [0.1, 0.15) is 10.6 Å². The van der Waals surface area contributed by atoms with Gasteiger partial charge >= 0.3 is 0 Å². The van der Waals surface area contributed by atoms with Gasteiger partial charge in [-0.25, -0.2) is 4.98 Å².